The maximum atomic E-state index is 13.3. The molecule has 1 rings (SSSR count). The summed E-state index contributed by atoms with van der Waals surface area (Å²) in [6, 6.07) is 2.49. The lowest BCUT2D eigenvalue weighted by Crippen LogP contribution is -2.12. The molecule has 1 aromatic rings. The van der Waals surface area contributed by atoms with E-state index < -0.39 is 28.9 Å². The second-order valence-corrected chi connectivity index (χ2v) is 3.61. The highest BCUT2D eigenvalue weighted by molar-refractivity contribution is 9.09. The van der Waals surface area contributed by atoms with Crippen LogP contribution in [0.1, 0.15) is 21.5 Å². The number of benzene rings is 1. The maximum absolute atomic E-state index is 13.3. The summed E-state index contributed by atoms with van der Waals surface area (Å²) in [5.74, 6) is -2.32. The zero-order chi connectivity index (χ0) is 13.2. The Bertz CT molecular complexity index is 504. The van der Waals surface area contributed by atoms with Gasteiger partial charge in [-0.25, -0.2) is 4.39 Å². The Balaban J connectivity index is 3.51. The Kier molecular flexibility index (Phi) is 3.88. The molecule has 0 aliphatic rings. The van der Waals surface area contributed by atoms with Gasteiger partial charge in [-0.2, -0.15) is 18.4 Å². The smallest absolute Gasteiger partial charge is 0.293 e. The van der Waals surface area contributed by atoms with Crippen molar-refractivity contribution in [1.29, 1.82) is 5.26 Å². The molecule has 0 fully saturated rings. The number of nitrogens with zero attached hydrogens (tertiary/aromatic N) is 1. The van der Waals surface area contributed by atoms with Gasteiger partial charge >= 0.3 is 6.18 Å². The van der Waals surface area contributed by atoms with Crippen LogP contribution in [0.5, 0.6) is 0 Å². The Morgan fingerprint density at radius 1 is 1.41 bits per heavy atom. The first-order chi connectivity index (χ1) is 7.81. The van der Waals surface area contributed by atoms with E-state index in [2.05, 4.69) is 15.9 Å². The highest BCUT2D eigenvalue weighted by Gasteiger charge is 2.36. The molecule has 0 heterocycles. The van der Waals surface area contributed by atoms with Crippen LogP contribution in [-0.4, -0.2) is 11.1 Å². The molecule has 7 heteroatoms. The summed E-state index contributed by atoms with van der Waals surface area (Å²) in [4.78, 5) is 11.2. The molecule has 0 N–H and O–H groups in total. The molecule has 0 radical (unpaired) electrons. The number of carbonyl (C=O) groups excluding carboxylic acids is 1. The Labute approximate surface area is 102 Å². The number of nitriles is 1. The number of Topliss-reactive ketones (excluding diaryl/α,β-unsaturated/α-hetero) is 1. The van der Waals surface area contributed by atoms with E-state index in [1.807, 2.05) is 0 Å². The predicted molar refractivity (Wildman–Crippen MR) is 54.2 cm³/mol. The van der Waals surface area contributed by atoms with Gasteiger partial charge < -0.3 is 0 Å². The van der Waals surface area contributed by atoms with Gasteiger partial charge in [-0.15, -0.1) is 0 Å². The van der Waals surface area contributed by atoms with Crippen molar-refractivity contribution in [3.05, 3.63) is 34.6 Å². The highest BCUT2D eigenvalue weighted by atomic mass is 79.9. The summed E-state index contributed by atoms with van der Waals surface area (Å²) in [7, 11) is 0. The van der Waals surface area contributed by atoms with Crippen LogP contribution in [0.2, 0.25) is 0 Å². The maximum Gasteiger partial charge on any atom is 0.419 e. The number of halogens is 5. The molecule has 0 aromatic heterocycles. The highest BCUT2D eigenvalue weighted by Crippen LogP contribution is 2.33. The monoisotopic (exact) mass is 309 g/mol. The van der Waals surface area contributed by atoms with Crippen molar-refractivity contribution in [2.75, 3.05) is 5.33 Å². The van der Waals surface area contributed by atoms with E-state index in [-0.39, 0.29) is 10.9 Å². The minimum Gasteiger partial charge on any atom is -0.293 e. The quantitative estimate of drug-likeness (QED) is 0.478. The van der Waals surface area contributed by atoms with Crippen LogP contribution in [0.25, 0.3) is 0 Å². The number of hydrogen-bond acceptors (Lipinski definition) is 2. The minimum absolute atomic E-state index is 0.208. The Morgan fingerprint density at radius 2 is 2.00 bits per heavy atom. The fraction of sp³-hybridized carbons (Fsp3) is 0.200. The number of rotatable bonds is 2. The molecule has 1 aromatic carbocycles. The van der Waals surface area contributed by atoms with Gasteiger partial charge in [0.05, 0.1) is 16.5 Å². The molecule has 90 valence electrons. The summed E-state index contributed by atoms with van der Waals surface area (Å²) in [5, 5.41) is 8.30. The third kappa shape index (κ3) is 2.82. The summed E-state index contributed by atoms with van der Waals surface area (Å²) in [5.41, 5.74) is -2.77. The number of carbonyl (C=O) groups is 1. The van der Waals surface area contributed by atoms with Crippen LogP contribution < -0.4 is 0 Å². The van der Waals surface area contributed by atoms with Crippen LogP contribution >= 0.6 is 15.9 Å². The van der Waals surface area contributed by atoms with Gasteiger partial charge in [0.2, 0.25) is 0 Å². The molecular weight excluding hydrogens is 306 g/mol. The van der Waals surface area contributed by atoms with Crippen molar-refractivity contribution in [3.8, 4) is 6.07 Å². The lowest BCUT2D eigenvalue weighted by molar-refractivity contribution is -0.140. The SMILES string of the molecule is N#Cc1cc(C(=O)CBr)cc(C(F)(F)F)c1F. The normalized spacial score (nSPS) is 11.1. The lowest BCUT2D eigenvalue weighted by atomic mass is 10.0. The molecule has 0 bridgehead atoms. The zero-order valence-corrected chi connectivity index (χ0v) is 9.69. The molecule has 0 aliphatic carbocycles. The van der Waals surface area contributed by atoms with Crippen molar-refractivity contribution < 1.29 is 22.4 Å². The van der Waals surface area contributed by atoms with Crippen molar-refractivity contribution in [2.24, 2.45) is 0 Å². The first-order valence-corrected chi connectivity index (χ1v) is 5.33. The van der Waals surface area contributed by atoms with Crippen LogP contribution in [0.3, 0.4) is 0 Å². The molecule has 0 amide bonds. The second kappa shape index (κ2) is 4.84. The average Bonchev–Trinajstić information content (AvgIpc) is 2.26. The van der Waals surface area contributed by atoms with E-state index in [4.69, 9.17) is 5.26 Å². The molecule has 0 saturated heterocycles. The van der Waals surface area contributed by atoms with E-state index in [1.54, 1.807) is 0 Å². The molecule has 0 atom stereocenters. The van der Waals surface area contributed by atoms with Gasteiger partial charge in [0.25, 0.3) is 0 Å². The van der Waals surface area contributed by atoms with E-state index in [1.165, 1.54) is 6.07 Å². The lowest BCUT2D eigenvalue weighted by Gasteiger charge is -2.10. The van der Waals surface area contributed by atoms with Crippen LogP contribution in [-0.2, 0) is 6.18 Å². The van der Waals surface area contributed by atoms with E-state index >= 15 is 0 Å². The number of ketones is 1. The van der Waals surface area contributed by atoms with Crippen molar-refractivity contribution in [2.45, 2.75) is 6.18 Å². The number of hydrogen-bond donors (Lipinski definition) is 0. The van der Waals surface area contributed by atoms with Gasteiger partial charge in [0.1, 0.15) is 6.07 Å². The van der Waals surface area contributed by atoms with Gasteiger partial charge in [-0.3, -0.25) is 4.79 Å². The molecular formula is C10H4BrF4NO. The van der Waals surface area contributed by atoms with Crippen molar-refractivity contribution in [1.82, 2.24) is 0 Å². The number of alkyl halides is 4. The first-order valence-electron chi connectivity index (χ1n) is 4.21. The summed E-state index contributed by atoms with van der Waals surface area (Å²) in [6.45, 7) is 0. The fourth-order valence-electron chi connectivity index (χ4n) is 1.15. The van der Waals surface area contributed by atoms with Crippen molar-refractivity contribution >= 4 is 21.7 Å². The van der Waals surface area contributed by atoms with Gasteiger partial charge in [-0.1, -0.05) is 15.9 Å². The topological polar surface area (TPSA) is 40.9 Å². The average molecular weight is 310 g/mol. The summed E-state index contributed by atoms with van der Waals surface area (Å²) >= 11 is 2.78. The standard InChI is InChI=1S/C10H4BrF4NO/c11-3-8(17)5-1-6(4-16)9(12)7(2-5)10(13,14)15/h1-2H,3H2. The largest absolute Gasteiger partial charge is 0.419 e. The van der Waals surface area contributed by atoms with Crippen LogP contribution in [0.15, 0.2) is 12.1 Å². The van der Waals surface area contributed by atoms with E-state index in [9.17, 15) is 22.4 Å². The van der Waals surface area contributed by atoms with Crippen LogP contribution in [0.4, 0.5) is 17.6 Å². The molecule has 0 spiro atoms. The van der Waals surface area contributed by atoms with Crippen LogP contribution in [0, 0.1) is 17.1 Å². The van der Waals surface area contributed by atoms with Gasteiger partial charge in [0.15, 0.2) is 11.6 Å². The van der Waals surface area contributed by atoms with Crippen molar-refractivity contribution in [3.63, 3.8) is 0 Å². The summed E-state index contributed by atoms with van der Waals surface area (Å²) in [6.07, 6.45) is -4.95. The first kappa shape index (κ1) is 13.6. The van der Waals surface area contributed by atoms with Gasteiger partial charge in [-0.05, 0) is 12.1 Å². The van der Waals surface area contributed by atoms with E-state index in [0.29, 0.717) is 6.07 Å². The predicted octanol–water partition coefficient (Wildman–Crippen LogP) is 3.29. The zero-order valence-electron chi connectivity index (χ0n) is 8.11. The Hall–Kier alpha value is -1.42. The molecule has 0 saturated carbocycles. The third-order valence-corrected chi connectivity index (χ3v) is 2.45. The second-order valence-electron chi connectivity index (χ2n) is 3.05. The minimum atomic E-state index is -4.95. The molecule has 0 aliphatic heterocycles. The van der Waals surface area contributed by atoms with Gasteiger partial charge in [0, 0.05) is 5.56 Å². The fourth-order valence-corrected chi connectivity index (χ4v) is 1.47. The summed E-state index contributed by atoms with van der Waals surface area (Å²) < 4.78 is 50.6. The van der Waals surface area contributed by atoms with E-state index in [0.717, 1.165) is 6.07 Å². The molecule has 0 unspecified atom stereocenters. The third-order valence-electron chi connectivity index (χ3n) is 1.94. The molecule has 2 nitrogen and oxygen atoms in total. The molecule has 17 heavy (non-hydrogen) atoms. The Morgan fingerprint density at radius 3 is 2.41 bits per heavy atom.